The van der Waals surface area contributed by atoms with E-state index in [1.807, 2.05) is 19.9 Å². The summed E-state index contributed by atoms with van der Waals surface area (Å²) in [5.41, 5.74) is 3.28. The Balaban J connectivity index is 4.90. The van der Waals surface area contributed by atoms with Gasteiger partial charge >= 0.3 is 0 Å². The fraction of sp³-hybridized carbons (Fsp3) is 0.455. The Morgan fingerprint density at radius 3 is 2.17 bits per heavy atom. The van der Waals surface area contributed by atoms with E-state index in [-0.39, 0.29) is 5.76 Å². The standard InChI is InChI=1S/C11H18O/c1-6-8(3)9(4)11(7-2)10(5)12/h7,12H,5-6H2,1-4H3/b9-8-,11-7+. The lowest BCUT2D eigenvalue weighted by atomic mass is 10.00. The largest absolute Gasteiger partial charge is 0.508 e. The number of aliphatic hydroxyl groups is 1. The quantitative estimate of drug-likeness (QED) is 0.500. The molecule has 0 aromatic rings. The van der Waals surface area contributed by atoms with Crippen molar-refractivity contribution in [2.45, 2.75) is 34.1 Å². The van der Waals surface area contributed by atoms with Crippen LogP contribution in [0.25, 0.3) is 0 Å². The van der Waals surface area contributed by atoms with Gasteiger partial charge in [-0.15, -0.1) is 0 Å². The van der Waals surface area contributed by atoms with Crippen molar-refractivity contribution < 1.29 is 5.11 Å². The van der Waals surface area contributed by atoms with E-state index in [1.165, 1.54) is 5.57 Å². The molecule has 0 amide bonds. The molecule has 0 saturated carbocycles. The van der Waals surface area contributed by atoms with Crippen molar-refractivity contribution in [1.29, 1.82) is 0 Å². The molecule has 1 nitrogen and oxygen atoms in total. The summed E-state index contributed by atoms with van der Waals surface area (Å²) in [6.07, 6.45) is 2.90. The van der Waals surface area contributed by atoms with Crippen molar-refractivity contribution in [2.24, 2.45) is 0 Å². The molecule has 0 bridgehead atoms. The summed E-state index contributed by atoms with van der Waals surface area (Å²) in [6, 6.07) is 0. The summed E-state index contributed by atoms with van der Waals surface area (Å²) in [7, 11) is 0. The summed E-state index contributed by atoms with van der Waals surface area (Å²) in [4.78, 5) is 0. The average molecular weight is 166 g/mol. The van der Waals surface area contributed by atoms with Crippen molar-refractivity contribution in [3.8, 4) is 0 Å². The van der Waals surface area contributed by atoms with Crippen LogP contribution in [0, 0.1) is 0 Å². The van der Waals surface area contributed by atoms with Crippen LogP contribution in [-0.2, 0) is 0 Å². The molecule has 68 valence electrons. The van der Waals surface area contributed by atoms with Gasteiger partial charge in [-0.3, -0.25) is 0 Å². The highest BCUT2D eigenvalue weighted by Crippen LogP contribution is 2.20. The van der Waals surface area contributed by atoms with Crippen molar-refractivity contribution in [2.75, 3.05) is 0 Å². The first kappa shape index (κ1) is 11.0. The van der Waals surface area contributed by atoms with Crippen molar-refractivity contribution >= 4 is 0 Å². The van der Waals surface area contributed by atoms with E-state index in [9.17, 15) is 5.11 Å². The maximum absolute atomic E-state index is 9.23. The van der Waals surface area contributed by atoms with Crippen LogP contribution in [0.15, 0.2) is 35.1 Å². The zero-order chi connectivity index (χ0) is 9.72. The first-order valence-corrected chi connectivity index (χ1v) is 4.25. The van der Waals surface area contributed by atoms with Gasteiger partial charge in [-0.05, 0) is 32.8 Å². The van der Waals surface area contributed by atoms with E-state index in [1.54, 1.807) is 0 Å². The molecule has 0 heterocycles. The molecule has 0 aromatic carbocycles. The van der Waals surface area contributed by atoms with Gasteiger partial charge in [0.1, 0.15) is 5.76 Å². The molecule has 0 aliphatic heterocycles. The molecule has 0 aromatic heterocycles. The summed E-state index contributed by atoms with van der Waals surface area (Å²) in [5.74, 6) is 0.155. The van der Waals surface area contributed by atoms with Gasteiger partial charge in [-0.25, -0.2) is 0 Å². The number of aliphatic hydroxyl groups excluding tert-OH is 1. The fourth-order valence-electron chi connectivity index (χ4n) is 1.09. The third kappa shape index (κ3) is 2.57. The Kier molecular flexibility index (Phi) is 4.42. The zero-order valence-corrected chi connectivity index (χ0v) is 8.44. The second-order valence-electron chi connectivity index (χ2n) is 2.91. The highest BCUT2D eigenvalue weighted by atomic mass is 16.3. The van der Waals surface area contributed by atoms with Crippen molar-refractivity contribution in [1.82, 2.24) is 0 Å². The second kappa shape index (κ2) is 4.81. The molecule has 0 aliphatic carbocycles. The molecule has 0 radical (unpaired) electrons. The number of hydrogen-bond acceptors (Lipinski definition) is 1. The Labute approximate surface area is 75.1 Å². The van der Waals surface area contributed by atoms with Gasteiger partial charge in [-0.2, -0.15) is 0 Å². The molecule has 0 rings (SSSR count). The third-order valence-corrected chi connectivity index (χ3v) is 2.17. The number of hydrogen-bond donors (Lipinski definition) is 1. The third-order valence-electron chi connectivity index (χ3n) is 2.17. The van der Waals surface area contributed by atoms with E-state index in [4.69, 9.17) is 0 Å². The predicted molar refractivity (Wildman–Crippen MR) is 54.2 cm³/mol. The lowest BCUT2D eigenvalue weighted by molar-refractivity contribution is 0.427. The van der Waals surface area contributed by atoms with Crippen molar-refractivity contribution in [3.63, 3.8) is 0 Å². The van der Waals surface area contributed by atoms with Crippen molar-refractivity contribution in [3.05, 3.63) is 35.1 Å². The van der Waals surface area contributed by atoms with Gasteiger partial charge < -0.3 is 5.11 Å². The molecule has 0 unspecified atom stereocenters. The summed E-state index contributed by atoms with van der Waals surface area (Å²) >= 11 is 0. The van der Waals surface area contributed by atoms with Crippen LogP contribution in [0.2, 0.25) is 0 Å². The van der Waals surface area contributed by atoms with Gasteiger partial charge in [0, 0.05) is 5.57 Å². The van der Waals surface area contributed by atoms with Crippen LogP contribution in [0.4, 0.5) is 0 Å². The maximum Gasteiger partial charge on any atom is 0.115 e. The highest BCUT2D eigenvalue weighted by molar-refractivity contribution is 5.42. The fourth-order valence-corrected chi connectivity index (χ4v) is 1.09. The first-order chi connectivity index (χ1) is 5.54. The minimum absolute atomic E-state index is 0.155. The van der Waals surface area contributed by atoms with Crippen LogP contribution in [0.1, 0.15) is 34.1 Å². The Morgan fingerprint density at radius 1 is 1.42 bits per heavy atom. The van der Waals surface area contributed by atoms with Crippen LogP contribution in [0.5, 0.6) is 0 Å². The number of allylic oxidation sites excluding steroid dienone is 3. The average Bonchev–Trinajstić information content (AvgIpc) is 2.03. The Hall–Kier alpha value is -0.980. The van der Waals surface area contributed by atoms with Crippen LogP contribution >= 0.6 is 0 Å². The predicted octanol–water partition coefficient (Wildman–Crippen LogP) is 3.75. The molecular formula is C11H18O. The zero-order valence-electron chi connectivity index (χ0n) is 8.44. The molecule has 0 fully saturated rings. The van der Waals surface area contributed by atoms with Crippen LogP contribution in [-0.4, -0.2) is 5.11 Å². The molecule has 1 N–H and O–H groups in total. The highest BCUT2D eigenvalue weighted by Gasteiger charge is 2.04. The minimum Gasteiger partial charge on any atom is -0.508 e. The first-order valence-electron chi connectivity index (χ1n) is 4.25. The summed E-state index contributed by atoms with van der Waals surface area (Å²) in [6.45, 7) is 11.6. The van der Waals surface area contributed by atoms with E-state index < -0.39 is 0 Å². The summed E-state index contributed by atoms with van der Waals surface area (Å²) < 4.78 is 0. The number of rotatable bonds is 3. The molecule has 0 spiro atoms. The van der Waals surface area contributed by atoms with Gasteiger partial charge in [0.05, 0.1) is 0 Å². The monoisotopic (exact) mass is 166 g/mol. The minimum atomic E-state index is 0.155. The smallest absolute Gasteiger partial charge is 0.115 e. The molecule has 0 saturated heterocycles. The second-order valence-corrected chi connectivity index (χ2v) is 2.91. The lowest BCUT2D eigenvalue weighted by Crippen LogP contribution is -1.92. The van der Waals surface area contributed by atoms with Gasteiger partial charge in [0.15, 0.2) is 0 Å². The SMILES string of the molecule is C=C(O)C(=C/C)/C(C)=C(/C)CC. The molecule has 0 atom stereocenters. The van der Waals surface area contributed by atoms with E-state index in [0.717, 1.165) is 17.6 Å². The van der Waals surface area contributed by atoms with Gasteiger partial charge in [0.2, 0.25) is 0 Å². The maximum atomic E-state index is 9.23. The van der Waals surface area contributed by atoms with E-state index in [2.05, 4.69) is 20.4 Å². The topological polar surface area (TPSA) is 20.2 Å². The van der Waals surface area contributed by atoms with Gasteiger partial charge in [0.25, 0.3) is 0 Å². The molecule has 12 heavy (non-hydrogen) atoms. The molecule has 1 heteroatoms. The summed E-state index contributed by atoms with van der Waals surface area (Å²) in [5, 5.41) is 9.23. The Bertz CT molecular complexity index is 231. The molecular weight excluding hydrogens is 148 g/mol. The van der Waals surface area contributed by atoms with E-state index >= 15 is 0 Å². The normalized spacial score (nSPS) is 14.2. The van der Waals surface area contributed by atoms with E-state index in [0.29, 0.717) is 0 Å². The Morgan fingerprint density at radius 2 is 1.92 bits per heavy atom. The molecule has 0 aliphatic rings. The van der Waals surface area contributed by atoms with Crippen LogP contribution in [0.3, 0.4) is 0 Å². The van der Waals surface area contributed by atoms with Gasteiger partial charge in [-0.1, -0.05) is 25.2 Å². The van der Waals surface area contributed by atoms with Crippen LogP contribution < -0.4 is 0 Å². The lowest BCUT2D eigenvalue weighted by Gasteiger charge is -2.08.